The summed E-state index contributed by atoms with van der Waals surface area (Å²) in [6.45, 7) is 3.62. The second-order valence-electron chi connectivity index (χ2n) is 6.54. The van der Waals surface area contributed by atoms with E-state index in [-0.39, 0.29) is 18.3 Å². The van der Waals surface area contributed by atoms with E-state index in [0.717, 1.165) is 16.0 Å². The summed E-state index contributed by atoms with van der Waals surface area (Å²) in [6, 6.07) is 12.6. The molecule has 28 heavy (non-hydrogen) atoms. The van der Waals surface area contributed by atoms with Crippen molar-refractivity contribution in [1.29, 1.82) is 0 Å². The van der Waals surface area contributed by atoms with Crippen LogP contribution in [0.15, 0.2) is 47.4 Å². The Morgan fingerprint density at radius 2 is 1.71 bits per heavy atom. The van der Waals surface area contributed by atoms with Gasteiger partial charge in [-0.15, -0.1) is 11.8 Å². The number of hydrogen-bond acceptors (Lipinski definition) is 5. The zero-order valence-electron chi connectivity index (χ0n) is 16.4. The highest BCUT2D eigenvalue weighted by Crippen LogP contribution is 2.23. The van der Waals surface area contributed by atoms with Crippen LogP contribution in [0.5, 0.6) is 0 Å². The number of amides is 2. The minimum absolute atomic E-state index is 0.117. The van der Waals surface area contributed by atoms with E-state index < -0.39 is 11.9 Å². The third-order valence-electron chi connectivity index (χ3n) is 3.88. The SMILES string of the molecule is Cc1ccc(C)c(SCC(=O)OCC(=O)Nc2ccc(C(=O)N(C)C)cc2)c1. The molecule has 0 unspecified atom stereocenters. The highest BCUT2D eigenvalue weighted by atomic mass is 32.2. The number of benzene rings is 2. The standard InChI is InChI=1S/C21H24N2O4S/c1-14-5-6-15(2)18(11-14)28-13-20(25)27-12-19(24)22-17-9-7-16(8-10-17)21(26)23(3)4/h5-11H,12-13H2,1-4H3,(H,22,24). The lowest BCUT2D eigenvalue weighted by Gasteiger charge is -2.11. The van der Waals surface area contributed by atoms with Gasteiger partial charge in [0.25, 0.3) is 11.8 Å². The Morgan fingerprint density at radius 1 is 1.04 bits per heavy atom. The third kappa shape index (κ3) is 6.42. The van der Waals surface area contributed by atoms with Gasteiger partial charge in [-0.2, -0.15) is 0 Å². The Balaban J connectivity index is 1.78. The Labute approximate surface area is 169 Å². The first kappa shape index (κ1) is 21.5. The predicted octanol–water partition coefficient (Wildman–Crippen LogP) is 3.28. The van der Waals surface area contributed by atoms with Gasteiger partial charge in [0.2, 0.25) is 0 Å². The number of anilines is 1. The van der Waals surface area contributed by atoms with Gasteiger partial charge in [-0.25, -0.2) is 0 Å². The fraction of sp³-hybridized carbons (Fsp3) is 0.286. The fourth-order valence-electron chi connectivity index (χ4n) is 2.34. The van der Waals surface area contributed by atoms with Crippen LogP contribution in [0.2, 0.25) is 0 Å². The number of nitrogens with zero attached hydrogens (tertiary/aromatic N) is 1. The number of esters is 1. The average molecular weight is 401 g/mol. The first-order chi connectivity index (χ1) is 13.3. The van der Waals surface area contributed by atoms with Gasteiger partial charge in [-0.1, -0.05) is 17.7 Å². The maximum atomic E-state index is 11.9. The zero-order chi connectivity index (χ0) is 20.7. The summed E-state index contributed by atoms with van der Waals surface area (Å²) in [5.74, 6) is -0.864. The quantitative estimate of drug-likeness (QED) is 0.570. The van der Waals surface area contributed by atoms with Crippen molar-refractivity contribution < 1.29 is 19.1 Å². The zero-order valence-corrected chi connectivity index (χ0v) is 17.3. The van der Waals surface area contributed by atoms with Crippen LogP contribution in [0.25, 0.3) is 0 Å². The summed E-state index contributed by atoms with van der Waals surface area (Å²) in [6.07, 6.45) is 0. The van der Waals surface area contributed by atoms with Gasteiger partial charge in [0, 0.05) is 30.2 Å². The highest BCUT2D eigenvalue weighted by Gasteiger charge is 2.11. The Hall–Kier alpha value is -2.80. The lowest BCUT2D eigenvalue weighted by Crippen LogP contribution is -2.22. The second-order valence-corrected chi connectivity index (χ2v) is 7.56. The van der Waals surface area contributed by atoms with Crippen molar-refractivity contribution in [2.45, 2.75) is 18.7 Å². The van der Waals surface area contributed by atoms with Gasteiger partial charge in [-0.05, 0) is 49.7 Å². The third-order valence-corrected chi connectivity index (χ3v) is 5.01. The fourth-order valence-corrected chi connectivity index (χ4v) is 3.26. The summed E-state index contributed by atoms with van der Waals surface area (Å²) in [4.78, 5) is 38.2. The van der Waals surface area contributed by atoms with Crippen LogP contribution in [0.4, 0.5) is 5.69 Å². The van der Waals surface area contributed by atoms with Crippen LogP contribution >= 0.6 is 11.8 Å². The number of ether oxygens (including phenoxy) is 1. The Kier molecular flexibility index (Phi) is 7.63. The van der Waals surface area contributed by atoms with Gasteiger partial charge < -0.3 is 15.0 Å². The van der Waals surface area contributed by atoms with Crippen LogP contribution in [-0.4, -0.2) is 49.1 Å². The summed E-state index contributed by atoms with van der Waals surface area (Å²) in [7, 11) is 3.34. The molecule has 0 aliphatic rings. The molecule has 0 heterocycles. The van der Waals surface area contributed by atoms with Crippen LogP contribution in [-0.2, 0) is 14.3 Å². The van der Waals surface area contributed by atoms with Gasteiger partial charge in [0.15, 0.2) is 6.61 Å². The van der Waals surface area contributed by atoms with Crippen LogP contribution < -0.4 is 5.32 Å². The van der Waals surface area contributed by atoms with E-state index in [4.69, 9.17) is 4.74 Å². The molecule has 2 aromatic rings. The molecule has 2 aromatic carbocycles. The van der Waals surface area contributed by atoms with Gasteiger partial charge in [0.05, 0.1) is 5.75 Å². The van der Waals surface area contributed by atoms with E-state index in [0.29, 0.717) is 11.3 Å². The maximum Gasteiger partial charge on any atom is 0.316 e. The maximum absolute atomic E-state index is 11.9. The summed E-state index contributed by atoms with van der Waals surface area (Å²) in [5, 5.41) is 2.64. The van der Waals surface area contributed by atoms with Gasteiger partial charge in [-0.3, -0.25) is 14.4 Å². The summed E-state index contributed by atoms with van der Waals surface area (Å²) < 4.78 is 5.03. The van der Waals surface area contributed by atoms with Crippen molar-refractivity contribution in [2.24, 2.45) is 0 Å². The van der Waals surface area contributed by atoms with E-state index in [1.165, 1.54) is 16.7 Å². The van der Waals surface area contributed by atoms with Gasteiger partial charge >= 0.3 is 5.97 Å². The van der Waals surface area contributed by atoms with Crippen molar-refractivity contribution >= 4 is 35.2 Å². The molecule has 0 radical (unpaired) electrons. The number of rotatable bonds is 7. The van der Waals surface area contributed by atoms with Crippen molar-refractivity contribution in [1.82, 2.24) is 4.90 Å². The second kappa shape index (κ2) is 9.94. The van der Waals surface area contributed by atoms with Crippen molar-refractivity contribution in [3.8, 4) is 0 Å². The highest BCUT2D eigenvalue weighted by molar-refractivity contribution is 8.00. The monoisotopic (exact) mass is 400 g/mol. The van der Waals surface area contributed by atoms with Crippen molar-refractivity contribution in [3.05, 3.63) is 59.2 Å². The molecule has 2 amide bonds. The van der Waals surface area contributed by atoms with E-state index in [9.17, 15) is 14.4 Å². The number of aryl methyl sites for hydroxylation is 2. The molecule has 0 aromatic heterocycles. The topological polar surface area (TPSA) is 75.7 Å². The van der Waals surface area contributed by atoms with Crippen LogP contribution in [0.1, 0.15) is 21.5 Å². The molecule has 0 spiro atoms. The molecule has 148 valence electrons. The summed E-state index contributed by atoms with van der Waals surface area (Å²) in [5.41, 5.74) is 3.27. The molecule has 1 N–H and O–H groups in total. The number of hydrogen-bond donors (Lipinski definition) is 1. The number of thioether (sulfide) groups is 1. The van der Waals surface area contributed by atoms with Gasteiger partial charge in [0.1, 0.15) is 0 Å². The molecule has 2 rings (SSSR count). The molecule has 0 atom stereocenters. The Morgan fingerprint density at radius 3 is 2.36 bits per heavy atom. The van der Waals surface area contributed by atoms with E-state index in [1.54, 1.807) is 38.4 Å². The molecule has 0 aliphatic heterocycles. The molecule has 0 saturated carbocycles. The molecule has 0 saturated heterocycles. The molecule has 0 bridgehead atoms. The largest absolute Gasteiger partial charge is 0.455 e. The number of carbonyl (C=O) groups excluding carboxylic acids is 3. The minimum atomic E-state index is -0.451. The van der Waals surface area contributed by atoms with Crippen molar-refractivity contribution in [3.63, 3.8) is 0 Å². The van der Waals surface area contributed by atoms with E-state index in [1.807, 2.05) is 32.0 Å². The van der Waals surface area contributed by atoms with E-state index >= 15 is 0 Å². The van der Waals surface area contributed by atoms with E-state index in [2.05, 4.69) is 5.32 Å². The summed E-state index contributed by atoms with van der Waals surface area (Å²) >= 11 is 1.39. The molecule has 0 fully saturated rings. The molecular weight excluding hydrogens is 376 g/mol. The molecule has 0 aliphatic carbocycles. The first-order valence-corrected chi connectivity index (χ1v) is 9.72. The first-order valence-electron chi connectivity index (χ1n) is 8.73. The predicted molar refractivity (Wildman–Crippen MR) is 111 cm³/mol. The number of carbonyl (C=O) groups is 3. The lowest BCUT2D eigenvalue weighted by molar-refractivity contribution is -0.144. The number of nitrogens with one attached hydrogen (secondary N) is 1. The Bertz CT molecular complexity index is 863. The average Bonchev–Trinajstić information content (AvgIpc) is 2.67. The lowest BCUT2D eigenvalue weighted by atomic mass is 10.2. The molecule has 7 heteroatoms. The molecule has 6 nitrogen and oxygen atoms in total. The molecular formula is C21H24N2O4S. The minimum Gasteiger partial charge on any atom is -0.455 e. The smallest absolute Gasteiger partial charge is 0.316 e. The normalized spacial score (nSPS) is 10.3. The van der Waals surface area contributed by atoms with Crippen LogP contribution in [0, 0.1) is 13.8 Å². The van der Waals surface area contributed by atoms with Crippen molar-refractivity contribution in [2.75, 3.05) is 31.8 Å². The van der Waals surface area contributed by atoms with Crippen LogP contribution in [0.3, 0.4) is 0 Å².